The normalized spacial score (nSPS) is 17.5. The van der Waals surface area contributed by atoms with E-state index >= 15 is 0 Å². The molecule has 7 heteroatoms. The minimum absolute atomic E-state index is 0.279. The summed E-state index contributed by atoms with van der Waals surface area (Å²) in [7, 11) is 0. The molecule has 0 aromatic carbocycles. The van der Waals surface area contributed by atoms with Crippen molar-refractivity contribution < 1.29 is 14.7 Å². The van der Waals surface area contributed by atoms with Gasteiger partial charge in [0.2, 0.25) is 5.91 Å². The summed E-state index contributed by atoms with van der Waals surface area (Å²) in [4.78, 5) is 27.3. The van der Waals surface area contributed by atoms with Crippen molar-refractivity contribution in [3.05, 3.63) is 10.6 Å². The van der Waals surface area contributed by atoms with Crippen LogP contribution in [0.4, 0.5) is 5.13 Å². The van der Waals surface area contributed by atoms with Gasteiger partial charge in [0.25, 0.3) is 0 Å². The number of primary amides is 1. The molecule has 1 aromatic heterocycles. The lowest BCUT2D eigenvalue weighted by Gasteiger charge is -2.16. The van der Waals surface area contributed by atoms with Gasteiger partial charge in [-0.1, -0.05) is 0 Å². The lowest BCUT2D eigenvalue weighted by atomic mass is 9.91. The van der Waals surface area contributed by atoms with Crippen LogP contribution in [0, 0.1) is 0 Å². The fourth-order valence-corrected chi connectivity index (χ4v) is 3.44. The number of nitrogens with zero attached hydrogens (tertiary/aromatic N) is 1. The maximum atomic E-state index is 11.2. The number of hydrogen-bond donors (Lipinski definition) is 3. The van der Waals surface area contributed by atoms with Gasteiger partial charge in [-0.3, -0.25) is 9.59 Å². The zero-order chi connectivity index (χ0) is 14.5. The summed E-state index contributed by atoms with van der Waals surface area (Å²) in [6.07, 6.45) is 4.49. The summed E-state index contributed by atoms with van der Waals surface area (Å²) >= 11 is 1.54. The van der Waals surface area contributed by atoms with Crippen LogP contribution in [0.15, 0.2) is 0 Å². The third-order valence-electron chi connectivity index (χ3n) is 3.38. The van der Waals surface area contributed by atoms with Gasteiger partial charge >= 0.3 is 5.97 Å². The van der Waals surface area contributed by atoms with E-state index in [0.717, 1.165) is 47.9 Å². The minimum Gasteiger partial charge on any atom is -0.481 e. The molecular weight excluding hydrogens is 278 g/mol. The Kier molecular flexibility index (Phi) is 4.94. The van der Waals surface area contributed by atoms with Crippen LogP contribution in [0.25, 0.3) is 0 Å². The number of carboxylic acids is 1. The maximum absolute atomic E-state index is 11.2. The fraction of sp³-hybridized carbons (Fsp3) is 0.615. The second kappa shape index (κ2) is 6.69. The number of aliphatic carboxylic acids is 1. The summed E-state index contributed by atoms with van der Waals surface area (Å²) in [5, 5.41) is 13.2. The number of hydrogen-bond acceptors (Lipinski definition) is 5. The van der Waals surface area contributed by atoms with E-state index < -0.39 is 11.9 Å². The second-order valence-electron chi connectivity index (χ2n) is 4.96. The van der Waals surface area contributed by atoms with Gasteiger partial charge in [-0.05, 0) is 32.1 Å². The molecule has 1 amide bonds. The van der Waals surface area contributed by atoms with Crippen molar-refractivity contribution in [2.24, 2.45) is 5.73 Å². The quantitative estimate of drug-likeness (QED) is 0.664. The highest BCUT2D eigenvalue weighted by molar-refractivity contribution is 7.15. The number of anilines is 1. The monoisotopic (exact) mass is 297 g/mol. The largest absolute Gasteiger partial charge is 0.481 e. The van der Waals surface area contributed by atoms with E-state index in [2.05, 4.69) is 10.3 Å². The fourth-order valence-electron chi connectivity index (χ4n) is 2.35. The molecule has 1 heterocycles. The van der Waals surface area contributed by atoms with Gasteiger partial charge in [-0.15, -0.1) is 11.3 Å². The van der Waals surface area contributed by atoms with Gasteiger partial charge in [0.1, 0.15) is 5.92 Å². The molecule has 20 heavy (non-hydrogen) atoms. The summed E-state index contributed by atoms with van der Waals surface area (Å²) in [5.74, 6) is -1.52. The van der Waals surface area contributed by atoms with Crippen LogP contribution in [0.3, 0.4) is 0 Å². The summed E-state index contributed by atoms with van der Waals surface area (Å²) in [6, 6.07) is 0. The standard InChI is InChI=1S/C13H19N3O3S/c14-10(17)6-1-2-7-15-13-16-11-8(12(18)19)4-3-5-9(11)20-13/h8H,1-7H2,(H2,14,17)(H,15,16)(H,18,19). The van der Waals surface area contributed by atoms with Gasteiger partial charge in [0, 0.05) is 17.8 Å². The first-order valence-electron chi connectivity index (χ1n) is 6.82. The number of carbonyl (C=O) groups is 2. The van der Waals surface area contributed by atoms with Crippen LogP contribution in [-0.2, 0) is 16.0 Å². The van der Waals surface area contributed by atoms with Gasteiger partial charge < -0.3 is 16.2 Å². The number of fused-ring (bicyclic) bond motifs is 1. The van der Waals surface area contributed by atoms with E-state index in [1.165, 1.54) is 0 Å². The number of carboxylic acid groups (broad SMARTS) is 1. The third-order valence-corrected chi connectivity index (χ3v) is 4.47. The number of rotatable bonds is 7. The number of unbranched alkanes of at least 4 members (excludes halogenated alkanes) is 1. The highest BCUT2D eigenvalue weighted by Gasteiger charge is 2.29. The number of nitrogens with one attached hydrogen (secondary N) is 1. The number of aromatic nitrogens is 1. The molecule has 2 rings (SSSR count). The number of carbonyl (C=O) groups excluding carboxylic acids is 1. The van der Waals surface area contributed by atoms with Gasteiger partial charge in [-0.25, -0.2) is 4.98 Å². The smallest absolute Gasteiger partial charge is 0.312 e. The van der Waals surface area contributed by atoms with Crippen molar-refractivity contribution in [2.75, 3.05) is 11.9 Å². The first-order chi connectivity index (χ1) is 9.58. The van der Waals surface area contributed by atoms with E-state index in [-0.39, 0.29) is 5.91 Å². The zero-order valence-corrected chi connectivity index (χ0v) is 12.0. The highest BCUT2D eigenvalue weighted by atomic mass is 32.1. The van der Waals surface area contributed by atoms with Crippen molar-refractivity contribution >= 4 is 28.3 Å². The third kappa shape index (κ3) is 3.69. The number of nitrogens with two attached hydrogens (primary N) is 1. The molecule has 1 unspecified atom stereocenters. The van der Waals surface area contributed by atoms with Crippen molar-refractivity contribution in [3.8, 4) is 0 Å². The molecule has 0 saturated carbocycles. The Hall–Kier alpha value is -1.63. The lowest BCUT2D eigenvalue weighted by Crippen LogP contribution is -2.17. The average molecular weight is 297 g/mol. The zero-order valence-electron chi connectivity index (χ0n) is 11.2. The Morgan fingerprint density at radius 1 is 1.45 bits per heavy atom. The van der Waals surface area contributed by atoms with Crippen LogP contribution < -0.4 is 11.1 Å². The van der Waals surface area contributed by atoms with Crippen LogP contribution in [0.5, 0.6) is 0 Å². The van der Waals surface area contributed by atoms with Gasteiger partial charge in [0.15, 0.2) is 5.13 Å². The molecule has 4 N–H and O–H groups in total. The second-order valence-corrected chi connectivity index (χ2v) is 6.04. The van der Waals surface area contributed by atoms with Crippen molar-refractivity contribution in [1.29, 1.82) is 0 Å². The Bertz CT molecular complexity index is 501. The van der Waals surface area contributed by atoms with E-state index in [0.29, 0.717) is 12.8 Å². The molecule has 0 bridgehead atoms. The summed E-state index contributed by atoms with van der Waals surface area (Å²) in [6.45, 7) is 0.720. The first kappa shape index (κ1) is 14.8. The molecule has 0 saturated heterocycles. The molecule has 0 fully saturated rings. The first-order valence-corrected chi connectivity index (χ1v) is 7.64. The number of thiazole rings is 1. The molecule has 1 atom stereocenters. The number of aryl methyl sites for hydroxylation is 1. The van der Waals surface area contributed by atoms with E-state index in [1.54, 1.807) is 11.3 Å². The van der Waals surface area contributed by atoms with Crippen LogP contribution in [0.1, 0.15) is 48.6 Å². The van der Waals surface area contributed by atoms with Crippen molar-refractivity contribution in [3.63, 3.8) is 0 Å². The van der Waals surface area contributed by atoms with Crippen LogP contribution >= 0.6 is 11.3 Å². The molecule has 1 aromatic rings. The summed E-state index contributed by atoms with van der Waals surface area (Å²) < 4.78 is 0. The van der Waals surface area contributed by atoms with Gasteiger partial charge in [0.05, 0.1) is 5.69 Å². The Morgan fingerprint density at radius 2 is 2.25 bits per heavy atom. The molecule has 0 aliphatic heterocycles. The molecular formula is C13H19N3O3S. The predicted molar refractivity (Wildman–Crippen MR) is 77.0 cm³/mol. The Balaban J connectivity index is 1.88. The topological polar surface area (TPSA) is 105 Å². The van der Waals surface area contributed by atoms with E-state index in [1.807, 2.05) is 0 Å². The average Bonchev–Trinajstić information content (AvgIpc) is 2.80. The van der Waals surface area contributed by atoms with Gasteiger partial charge in [-0.2, -0.15) is 0 Å². The molecule has 1 aliphatic rings. The Labute approximate surface area is 121 Å². The molecule has 0 spiro atoms. The summed E-state index contributed by atoms with van der Waals surface area (Å²) in [5.41, 5.74) is 5.80. The molecule has 6 nitrogen and oxygen atoms in total. The lowest BCUT2D eigenvalue weighted by molar-refractivity contribution is -0.139. The van der Waals surface area contributed by atoms with E-state index in [4.69, 9.17) is 5.73 Å². The molecule has 1 aliphatic carbocycles. The van der Waals surface area contributed by atoms with Crippen LogP contribution in [-0.4, -0.2) is 28.5 Å². The predicted octanol–water partition coefficient (Wildman–Crippen LogP) is 1.72. The Morgan fingerprint density at radius 3 is 2.95 bits per heavy atom. The highest BCUT2D eigenvalue weighted by Crippen LogP contribution is 2.36. The maximum Gasteiger partial charge on any atom is 0.312 e. The SMILES string of the molecule is NC(=O)CCCCNc1nc2c(s1)CCCC2C(=O)O. The van der Waals surface area contributed by atoms with E-state index in [9.17, 15) is 14.7 Å². The van der Waals surface area contributed by atoms with Crippen molar-refractivity contribution in [1.82, 2.24) is 4.98 Å². The molecule has 110 valence electrons. The van der Waals surface area contributed by atoms with Crippen molar-refractivity contribution in [2.45, 2.75) is 44.4 Å². The minimum atomic E-state index is -0.788. The molecule has 0 radical (unpaired) electrons. The van der Waals surface area contributed by atoms with Crippen LogP contribution in [0.2, 0.25) is 0 Å². The number of amides is 1.